The molecule has 0 aromatic heterocycles. The number of anilines is 1. The first-order chi connectivity index (χ1) is 11.5. The van der Waals surface area contributed by atoms with Crippen LogP contribution in [0.2, 0.25) is 0 Å². The Hall–Kier alpha value is -2.12. The Kier molecular flexibility index (Phi) is 8.37. The molecule has 0 spiro atoms. The second-order valence-electron chi connectivity index (χ2n) is 5.90. The Labute approximate surface area is 153 Å². The summed E-state index contributed by atoms with van der Waals surface area (Å²) in [4.78, 5) is 35.1. The van der Waals surface area contributed by atoms with Gasteiger partial charge in [0.05, 0.1) is 7.11 Å². The van der Waals surface area contributed by atoms with Crippen LogP contribution in [0.3, 0.4) is 0 Å². The Bertz CT molecular complexity index is 606. The normalized spacial score (nSPS) is 19.3. The lowest BCUT2D eigenvalue weighted by Gasteiger charge is -2.27. The number of carbonyl (C=O) groups excluding carboxylic acids is 3. The summed E-state index contributed by atoms with van der Waals surface area (Å²) in [6.45, 7) is 2.74. The van der Waals surface area contributed by atoms with Crippen molar-refractivity contribution >= 4 is 35.9 Å². The molecule has 1 fully saturated rings. The molecule has 2 amide bonds. The molecular weight excluding hydrogens is 346 g/mol. The summed E-state index contributed by atoms with van der Waals surface area (Å²) >= 11 is 0. The van der Waals surface area contributed by atoms with Gasteiger partial charge >= 0.3 is 5.97 Å². The Morgan fingerprint density at radius 2 is 1.92 bits per heavy atom. The molecule has 0 bridgehead atoms. The van der Waals surface area contributed by atoms with Crippen LogP contribution < -0.4 is 16.0 Å². The lowest BCUT2D eigenvalue weighted by Crippen LogP contribution is -2.40. The van der Waals surface area contributed by atoms with Crippen LogP contribution in [-0.4, -0.2) is 44.0 Å². The van der Waals surface area contributed by atoms with Crippen molar-refractivity contribution in [3.63, 3.8) is 0 Å². The molecule has 1 saturated heterocycles. The summed E-state index contributed by atoms with van der Waals surface area (Å²) in [7, 11) is 1.26. The summed E-state index contributed by atoms with van der Waals surface area (Å²) in [5.41, 5.74) is 1.06. The molecule has 0 saturated carbocycles. The van der Waals surface area contributed by atoms with Crippen molar-refractivity contribution in [2.75, 3.05) is 25.5 Å². The van der Waals surface area contributed by atoms with Crippen LogP contribution in [0.15, 0.2) is 24.3 Å². The van der Waals surface area contributed by atoms with Crippen LogP contribution in [0, 0.1) is 5.92 Å². The second kappa shape index (κ2) is 10.0. The van der Waals surface area contributed by atoms with Gasteiger partial charge in [0.1, 0.15) is 6.54 Å². The van der Waals surface area contributed by atoms with E-state index < -0.39 is 5.97 Å². The molecule has 138 valence electrons. The molecular formula is C17H24ClN3O4. The molecule has 1 heterocycles. The average Bonchev–Trinajstić information content (AvgIpc) is 2.60. The zero-order chi connectivity index (χ0) is 17.5. The maximum Gasteiger partial charge on any atom is 0.325 e. The largest absolute Gasteiger partial charge is 0.468 e. The number of halogens is 1. The summed E-state index contributed by atoms with van der Waals surface area (Å²) in [6, 6.07) is 6.90. The molecule has 1 aromatic rings. The zero-order valence-corrected chi connectivity index (χ0v) is 15.2. The van der Waals surface area contributed by atoms with Gasteiger partial charge in [0.15, 0.2) is 0 Å². The molecule has 2 atom stereocenters. The number of nitrogens with one attached hydrogen (secondary N) is 3. The van der Waals surface area contributed by atoms with Gasteiger partial charge in [-0.15, -0.1) is 12.4 Å². The molecule has 3 N–H and O–H groups in total. The van der Waals surface area contributed by atoms with Crippen molar-refractivity contribution in [1.82, 2.24) is 10.6 Å². The van der Waals surface area contributed by atoms with Gasteiger partial charge in [-0.1, -0.05) is 0 Å². The van der Waals surface area contributed by atoms with E-state index in [-0.39, 0.29) is 36.7 Å². The predicted octanol–water partition coefficient (Wildman–Crippen LogP) is 1.34. The fourth-order valence-electron chi connectivity index (χ4n) is 2.65. The minimum Gasteiger partial charge on any atom is -0.468 e. The summed E-state index contributed by atoms with van der Waals surface area (Å²) < 4.78 is 4.46. The average molecular weight is 370 g/mol. The van der Waals surface area contributed by atoms with E-state index in [0.717, 1.165) is 19.4 Å². The summed E-state index contributed by atoms with van der Waals surface area (Å²) in [5, 5.41) is 8.66. The molecule has 2 rings (SSSR count). The number of carbonyl (C=O) groups is 3. The summed E-state index contributed by atoms with van der Waals surface area (Å²) in [5.74, 6) is -0.871. The fourth-order valence-corrected chi connectivity index (χ4v) is 2.65. The van der Waals surface area contributed by atoms with Crippen LogP contribution in [0.5, 0.6) is 0 Å². The number of esters is 1. The number of methoxy groups -OCH3 is 1. The Morgan fingerprint density at radius 1 is 1.24 bits per heavy atom. The smallest absolute Gasteiger partial charge is 0.325 e. The molecule has 25 heavy (non-hydrogen) atoms. The van der Waals surface area contributed by atoms with E-state index in [4.69, 9.17) is 0 Å². The quantitative estimate of drug-likeness (QED) is 0.680. The highest BCUT2D eigenvalue weighted by atomic mass is 35.5. The number of ether oxygens (including phenoxy) is 1. The minimum absolute atomic E-state index is 0. The van der Waals surface area contributed by atoms with Crippen LogP contribution in [-0.2, 0) is 14.3 Å². The molecule has 0 radical (unpaired) electrons. The van der Waals surface area contributed by atoms with E-state index in [1.807, 2.05) is 0 Å². The van der Waals surface area contributed by atoms with E-state index in [9.17, 15) is 14.4 Å². The van der Waals surface area contributed by atoms with Gasteiger partial charge in [-0.2, -0.15) is 0 Å². The lowest BCUT2D eigenvalue weighted by molar-refractivity contribution is -0.139. The van der Waals surface area contributed by atoms with Crippen LogP contribution >= 0.6 is 12.4 Å². The van der Waals surface area contributed by atoms with Crippen LogP contribution in [0.4, 0.5) is 5.69 Å². The first kappa shape index (κ1) is 20.9. The molecule has 0 aliphatic carbocycles. The van der Waals surface area contributed by atoms with Gasteiger partial charge in [0, 0.05) is 23.2 Å². The van der Waals surface area contributed by atoms with Gasteiger partial charge in [-0.3, -0.25) is 14.4 Å². The topological polar surface area (TPSA) is 96.5 Å². The maximum absolute atomic E-state index is 12.3. The van der Waals surface area contributed by atoms with Gasteiger partial charge in [-0.25, -0.2) is 0 Å². The predicted molar refractivity (Wildman–Crippen MR) is 96.9 cm³/mol. The first-order valence-corrected chi connectivity index (χ1v) is 7.99. The van der Waals surface area contributed by atoms with Crippen LogP contribution in [0.25, 0.3) is 0 Å². The highest BCUT2D eigenvalue weighted by molar-refractivity contribution is 5.97. The third-order valence-corrected chi connectivity index (χ3v) is 4.03. The molecule has 1 aromatic carbocycles. The van der Waals surface area contributed by atoms with E-state index in [1.165, 1.54) is 7.11 Å². The number of piperidine rings is 1. The van der Waals surface area contributed by atoms with Gasteiger partial charge in [0.25, 0.3) is 5.91 Å². The van der Waals surface area contributed by atoms with Crippen molar-refractivity contribution in [2.45, 2.75) is 25.8 Å². The van der Waals surface area contributed by atoms with Crippen LogP contribution in [0.1, 0.15) is 30.1 Å². The van der Waals surface area contributed by atoms with Crippen molar-refractivity contribution in [2.24, 2.45) is 5.92 Å². The summed E-state index contributed by atoms with van der Waals surface area (Å²) in [6.07, 6.45) is 1.64. The van der Waals surface area contributed by atoms with Crippen molar-refractivity contribution in [3.05, 3.63) is 29.8 Å². The molecule has 1 aliphatic rings. The molecule has 8 heteroatoms. The molecule has 7 nitrogen and oxygen atoms in total. The maximum atomic E-state index is 12.3. The third kappa shape index (κ3) is 6.36. The fraction of sp³-hybridized carbons (Fsp3) is 0.471. The highest BCUT2D eigenvalue weighted by Crippen LogP contribution is 2.19. The molecule has 0 unspecified atom stereocenters. The van der Waals surface area contributed by atoms with E-state index >= 15 is 0 Å². The van der Waals surface area contributed by atoms with E-state index in [1.54, 1.807) is 24.3 Å². The Balaban J connectivity index is 0.00000312. The first-order valence-electron chi connectivity index (χ1n) is 7.99. The number of hydrogen-bond donors (Lipinski definition) is 3. The van der Waals surface area contributed by atoms with E-state index in [0.29, 0.717) is 17.3 Å². The van der Waals surface area contributed by atoms with E-state index in [2.05, 4.69) is 27.6 Å². The number of amides is 2. The monoisotopic (exact) mass is 369 g/mol. The lowest BCUT2D eigenvalue weighted by atomic mass is 9.92. The van der Waals surface area contributed by atoms with Crippen molar-refractivity contribution < 1.29 is 19.1 Å². The van der Waals surface area contributed by atoms with Crippen molar-refractivity contribution in [3.8, 4) is 0 Å². The van der Waals surface area contributed by atoms with Gasteiger partial charge in [-0.05, 0) is 50.6 Å². The van der Waals surface area contributed by atoms with Crippen molar-refractivity contribution in [1.29, 1.82) is 0 Å². The second-order valence-corrected chi connectivity index (χ2v) is 5.90. The molecule has 1 aliphatic heterocycles. The Morgan fingerprint density at radius 3 is 2.52 bits per heavy atom. The number of rotatable bonds is 5. The van der Waals surface area contributed by atoms with Gasteiger partial charge < -0.3 is 20.7 Å². The highest BCUT2D eigenvalue weighted by Gasteiger charge is 2.24. The minimum atomic E-state index is -0.511. The number of benzene rings is 1. The zero-order valence-electron chi connectivity index (χ0n) is 14.3. The van der Waals surface area contributed by atoms with Gasteiger partial charge in [0.2, 0.25) is 5.91 Å². The third-order valence-electron chi connectivity index (χ3n) is 4.03. The number of hydrogen-bond acceptors (Lipinski definition) is 5. The standard InChI is InChI=1S/C17H23N3O4.ClH/c1-11-9-13(7-8-18-11)17(23)20-14-5-3-12(4-6-14)16(22)19-10-15(21)24-2;/h3-6,11,13,18H,7-10H2,1-2H3,(H,19,22)(H,20,23);1H/t11-,13-;/m0./s1. The SMILES string of the molecule is COC(=O)CNC(=O)c1ccc(NC(=O)[C@H]2CCN[C@@H](C)C2)cc1.Cl.